The molecular weight excluding hydrogens is 306 g/mol. The Morgan fingerprint density at radius 3 is 2.71 bits per heavy atom. The zero-order valence-electron chi connectivity index (χ0n) is 12.1. The highest BCUT2D eigenvalue weighted by molar-refractivity contribution is 7.98. The maximum Gasteiger partial charge on any atom is 0.255 e. The van der Waals surface area contributed by atoms with Crippen LogP contribution in [-0.4, -0.2) is 31.2 Å². The highest BCUT2D eigenvalue weighted by Gasteiger charge is 2.11. The maximum absolute atomic E-state index is 12.3. The van der Waals surface area contributed by atoms with Gasteiger partial charge in [-0.3, -0.25) is 4.79 Å². The van der Waals surface area contributed by atoms with Crippen molar-refractivity contribution in [1.29, 1.82) is 0 Å². The lowest BCUT2D eigenvalue weighted by atomic mass is 10.2. The quantitative estimate of drug-likeness (QED) is 0.687. The van der Waals surface area contributed by atoms with Crippen molar-refractivity contribution in [3.63, 3.8) is 0 Å². The number of nitrogens with zero attached hydrogens (tertiary/aromatic N) is 2. The molecule has 0 spiro atoms. The molecule has 6 heteroatoms. The Bertz CT molecular complexity index is 661. The molecule has 1 amide bonds. The van der Waals surface area contributed by atoms with Crippen LogP contribution in [0.3, 0.4) is 0 Å². The van der Waals surface area contributed by atoms with Gasteiger partial charge in [0.1, 0.15) is 11.0 Å². The van der Waals surface area contributed by atoms with Crippen LogP contribution in [0.15, 0.2) is 41.3 Å². The molecule has 0 aliphatic rings. The predicted molar refractivity (Wildman–Crippen MR) is 89.8 cm³/mol. The normalized spacial score (nSPS) is 10.3. The van der Waals surface area contributed by atoms with E-state index >= 15 is 0 Å². The molecule has 0 radical (unpaired) electrons. The number of nitrogens with one attached hydrogen (secondary N) is 1. The number of carbonyl (C=O) groups excluding carboxylic acids is 1. The molecule has 1 aromatic carbocycles. The van der Waals surface area contributed by atoms with E-state index in [0.717, 1.165) is 10.6 Å². The van der Waals surface area contributed by atoms with Crippen LogP contribution in [0.1, 0.15) is 10.4 Å². The standard InChI is InChI=1S/C15H16ClN3OS/c1-19(2)14-8-10(7-13(16)18-14)15(20)17-11-5-4-6-12(9-11)21-3/h4-9H,1-3H3,(H,17,20). The summed E-state index contributed by atoms with van der Waals surface area (Å²) in [4.78, 5) is 19.4. The number of hydrogen-bond donors (Lipinski definition) is 1. The minimum absolute atomic E-state index is 0.208. The van der Waals surface area contributed by atoms with Crippen LogP contribution in [0.25, 0.3) is 0 Å². The number of thioether (sulfide) groups is 1. The van der Waals surface area contributed by atoms with E-state index in [0.29, 0.717) is 16.5 Å². The van der Waals surface area contributed by atoms with Gasteiger partial charge in [-0.15, -0.1) is 11.8 Å². The van der Waals surface area contributed by atoms with Crippen molar-refractivity contribution in [2.24, 2.45) is 0 Å². The van der Waals surface area contributed by atoms with Crippen molar-refractivity contribution in [3.05, 3.63) is 47.1 Å². The Balaban J connectivity index is 2.23. The fourth-order valence-electron chi connectivity index (χ4n) is 1.75. The van der Waals surface area contributed by atoms with E-state index < -0.39 is 0 Å². The first-order valence-corrected chi connectivity index (χ1v) is 7.90. The third-order valence-electron chi connectivity index (χ3n) is 2.83. The second-order valence-corrected chi connectivity index (χ2v) is 5.88. The van der Waals surface area contributed by atoms with Crippen molar-refractivity contribution in [3.8, 4) is 0 Å². The van der Waals surface area contributed by atoms with E-state index in [4.69, 9.17) is 11.6 Å². The van der Waals surface area contributed by atoms with Crippen LogP contribution in [0.4, 0.5) is 11.5 Å². The third kappa shape index (κ3) is 4.12. The van der Waals surface area contributed by atoms with Gasteiger partial charge in [0.05, 0.1) is 0 Å². The summed E-state index contributed by atoms with van der Waals surface area (Å²) in [6.07, 6.45) is 1.99. The van der Waals surface area contributed by atoms with Gasteiger partial charge >= 0.3 is 0 Å². The molecule has 21 heavy (non-hydrogen) atoms. The van der Waals surface area contributed by atoms with E-state index in [1.165, 1.54) is 0 Å². The Morgan fingerprint density at radius 1 is 1.29 bits per heavy atom. The van der Waals surface area contributed by atoms with Gasteiger partial charge in [-0.2, -0.15) is 0 Å². The lowest BCUT2D eigenvalue weighted by Crippen LogP contribution is -2.15. The van der Waals surface area contributed by atoms with E-state index in [1.54, 1.807) is 28.8 Å². The summed E-state index contributed by atoms with van der Waals surface area (Å²) < 4.78 is 0. The first kappa shape index (κ1) is 15.7. The smallest absolute Gasteiger partial charge is 0.255 e. The summed E-state index contributed by atoms with van der Waals surface area (Å²) in [5.41, 5.74) is 1.24. The van der Waals surface area contributed by atoms with Crippen molar-refractivity contribution in [2.75, 3.05) is 30.6 Å². The van der Waals surface area contributed by atoms with E-state index in [2.05, 4.69) is 10.3 Å². The average Bonchev–Trinajstić information content (AvgIpc) is 2.46. The van der Waals surface area contributed by atoms with Gasteiger partial charge in [0.15, 0.2) is 0 Å². The summed E-state index contributed by atoms with van der Waals surface area (Å²) in [5, 5.41) is 3.16. The molecule has 1 aromatic heterocycles. The van der Waals surface area contributed by atoms with Crippen molar-refractivity contribution >= 4 is 40.8 Å². The van der Waals surface area contributed by atoms with Gasteiger partial charge in [0.2, 0.25) is 0 Å². The minimum atomic E-state index is -0.208. The second kappa shape index (κ2) is 6.83. The number of carbonyl (C=O) groups is 1. The highest BCUT2D eigenvalue weighted by Crippen LogP contribution is 2.21. The molecule has 0 fully saturated rings. The zero-order valence-corrected chi connectivity index (χ0v) is 13.6. The third-order valence-corrected chi connectivity index (χ3v) is 3.75. The molecule has 4 nitrogen and oxygen atoms in total. The number of rotatable bonds is 4. The molecule has 1 heterocycles. The van der Waals surface area contributed by atoms with Crippen LogP contribution < -0.4 is 10.2 Å². The molecule has 1 N–H and O–H groups in total. The van der Waals surface area contributed by atoms with Gasteiger partial charge in [-0.1, -0.05) is 17.7 Å². The molecule has 110 valence electrons. The fourth-order valence-corrected chi connectivity index (χ4v) is 2.41. The summed E-state index contributed by atoms with van der Waals surface area (Å²) >= 11 is 7.59. The Labute approximate surface area is 133 Å². The van der Waals surface area contributed by atoms with Gasteiger partial charge in [-0.25, -0.2) is 4.98 Å². The molecule has 0 saturated carbocycles. The van der Waals surface area contributed by atoms with Gasteiger partial charge in [-0.05, 0) is 36.6 Å². The predicted octanol–water partition coefficient (Wildman–Crippen LogP) is 3.78. The maximum atomic E-state index is 12.3. The largest absolute Gasteiger partial charge is 0.363 e. The number of halogens is 1. The summed E-state index contributed by atoms with van der Waals surface area (Å²) in [7, 11) is 3.70. The van der Waals surface area contributed by atoms with Crippen molar-refractivity contribution < 1.29 is 4.79 Å². The second-order valence-electron chi connectivity index (χ2n) is 4.62. The molecular formula is C15H16ClN3OS. The van der Waals surface area contributed by atoms with Gasteiger partial charge in [0.25, 0.3) is 5.91 Å². The van der Waals surface area contributed by atoms with Gasteiger partial charge in [0, 0.05) is 30.2 Å². The number of aromatic nitrogens is 1. The Hall–Kier alpha value is -1.72. The molecule has 2 rings (SSSR count). The topological polar surface area (TPSA) is 45.2 Å². The van der Waals surface area contributed by atoms with Crippen LogP contribution in [0.5, 0.6) is 0 Å². The summed E-state index contributed by atoms with van der Waals surface area (Å²) in [5.74, 6) is 0.436. The number of benzene rings is 1. The number of anilines is 2. The molecule has 0 aliphatic heterocycles. The first-order valence-electron chi connectivity index (χ1n) is 6.30. The monoisotopic (exact) mass is 321 g/mol. The Morgan fingerprint density at radius 2 is 2.05 bits per heavy atom. The number of pyridine rings is 1. The average molecular weight is 322 g/mol. The number of amides is 1. The van der Waals surface area contributed by atoms with E-state index in [1.807, 2.05) is 44.6 Å². The van der Waals surface area contributed by atoms with Crippen molar-refractivity contribution in [2.45, 2.75) is 4.90 Å². The lowest BCUT2D eigenvalue weighted by Gasteiger charge is -2.13. The van der Waals surface area contributed by atoms with E-state index in [-0.39, 0.29) is 5.91 Å². The Kier molecular flexibility index (Phi) is 5.09. The highest BCUT2D eigenvalue weighted by atomic mass is 35.5. The first-order chi connectivity index (χ1) is 9.99. The molecule has 0 aliphatic carbocycles. The van der Waals surface area contributed by atoms with Crippen LogP contribution in [0.2, 0.25) is 5.15 Å². The van der Waals surface area contributed by atoms with Gasteiger partial charge < -0.3 is 10.2 Å². The summed E-state index contributed by atoms with van der Waals surface area (Å²) in [6.45, 7) is 0. The molecule has 0 bridgehead atoms. The molecule has 2 aromatic rings. The molecule has 0 unspecified atom stereocenters. The van der Waals surface area contributed by atoms with Crippen LogP contribution in [0, 0.1) is 0 Å². The number of hydrogen-bond acceptors (Lipinski definition) is 4. The molecule has 0 atom stereocenters. The van der Waals surface area contributed by atoms with E-state index in [9.17, 15) is 4.79 Å². The minimum Gasteiger partial charge on any atom is -0.363 e. The van der Waals surface area contributed by atoms with Crippen LogP contribution >= 0.6 is 23.4 Å². The van der Waals surface area contributed by atoms with Crippen LogP contribution in [-0.2, 0) is 0 Å². The summed E-state index contributed by atoms with van der Waals surface area (Å²) in [6, 6.07) is 11.0. The zero-order chi connectivity index (χ0) is 15.4. The fraction of sp³-hybridized carbons (Fsp3) is 0.200. The SMILES string of the molecule is CSc1cccc(NC(=O)c2cc(Cl)nc(N(C)C)c2)c1. The lowest BCUT2D eigenvalue weighted by molar-refractivity contribution is 0.102. The van der Waals surface area contributed by atoms with Crippen molar-refractivity contribution in [1.82, 2.24) is 4.98 Å². The molecule has 0 saturated heterocycles.